The Morgan fingerprint density at radius 2 is 1.92 bits per heavy atom. The Bertz CT molecular complexity index is 282. The first-order valence-electron chi connectivity index (χ1n) is 3.06. The fourth-order valence-electron chi connectivity index (χ4n) is 0.425. The molecule has 0 aliphatic heterocycles. The first-order chi connectivity index (χ1) is 5.67. The van der Waals surface area contributed by atoms with Crippen LogP contribution in [0, 0.1) is 22.7 Å². The third-order valence-corrected chi connectivity index (χ3v) is 0.911. The van der Waals surface area contributed by atoms with E-state index in [2.05, 4.69) is 4.74 Å². The van der Waals surface area contributed by atoms with E-state index in [1.165, 1.54) is 19.1 Å². The number of allylic oxidation sites excluding steroid dienone is 1. The van der Waals surface area contributed by atoms with Crippen molar-refractivity contribution in [2.45, 2.75) is 6.92 Å². The molecule has 5 nitrogen and oxygen atoms in total. The van der Waals surface area contributed by atoms with Gasteiger partial charge in [0.25, 0.3) is 0 Å². The van der Waals surface area contributed by atoms with E-state index in [4.69, 9.17) is 10.5 Å². The van der Waals surface area contributed by atoms with E-state index < -0.39 is 17.3 Å². The zero-order chi connectivity index (χ0) is 9.56. The minimum atomic E-state index is -1.19. The van der Waals surface area contributed by atoms with Crippen molar-refractivity contribution in [2.24, 2.45) is 0 Å². The molecule has 0 unspecified atom stereocenters. The first-order valence-corrected chi connectivity index (χ1v) is 3.06. The Morgan fingerprint density at radius 3 is 2.23 bits per heavy atom. The van der Waals surface area contributed by atoms with Gasteiger partial charge in [0.05, 0.1) is 6.61 Å². The van der Waals surface area contributed by atoms with Gasteiger partial charge in [-0.3, -0.25) is 0 Å². The number of hydrogen-bond donors (Lipinski definition) is 0. The molecular formula is C7H5N2NaO3. The van der Waals surface area contributed by atoms with Crippen LogP contribution in [0.1, 0.15) is 6.92 Å². The van der Waals surface area contributed by atoms with Gasteiger partial charge in [-0.25, -0.2) is 4.79 Å². The maximum Gasteiger partial charge on any atom is 1.00 e. The zero-order valence-corrected chi connectivity index (χ0v) is 9.33. The van der Waals surface area contributed by atoms with E-state index in [0.717, 1.165) is 0 Å². The smallest absolute Gasteiger partial charge is 0.866 e. The Morgan fingerprint density at radius 1 is 1.46 bits per heavy atom. The van der Waals surface area contributed by atoms with Gasteiger partial charge in [0, 0.05) is 5.76 Å². The minimum Gasteiger partial charge on any atom is -0.866 e. The second kappa shape index (κ2) is 7.63. The number of rotatable bonds is 2. The van der Waals surface area contributed by atoms with E-state index in [1.54, 1.807) is 0 Å². The Labute approximate surface area is 97.5 Å². The topological polar surface area (TPSA) is 96.9 Å². The molecule has 0 aliphatic rings. The zero-order valence-electron chi connectivity index (χ0n) is 7.33. The number of hydrogen-bond acceptors (Lipinski definition) is 5. The summed E-state index contributed by atoms with van der Waals surface area (Å²) in [6, 6.07) is 2.59. The van der Waals surface area contributed by atoms with Crippen LogP contribution < -0.4 is 34.7 Å². The Kier molecular flexibility index (Phi) is 8.52. The maximum atomic E-state index is 10.7. The van der Waals surface area contributed by atoms with E-state index in [-0.39, 0.29) is 36.2 Å². The molecule has 0 aromatic rings. The summed E-state index contributed by atoms with van der Waals surface area (Å²) < 4.78 is 4.28. The SMILES string of the molecule is CCOC(=O)C([O-])=C(C#N)C#N.[Na+]. The molecule has 0 atom stereocenters. The molecule has 0 aliphatic carbocycles. The second-order valence-electron chi connectivity index (χ2n) is 1.65. The molecule has 6 heteroatoms. The van der Waals surface area contributed by atoms with Gasteiger partial charge in [0.15, 0.2) is 0 Å². The standard InChI is InChI=1S/C7H6N2O3.Na/c1-2-12-7(11)6(10)5(3-8)4-9;/h10H,2H2,1H3;/q;+1/p-1. The minimum absolute atomic E-state index is 0. The van der Waals surface area contributed by atoms with Gasteiger partial charge >= 0.3 is 35.5 Å². The number of nitrogens with zero attached hydrogens (tertiary/aromatic N) is 2. The van der Waals surface area contributed by atoms with Crippen molar-refractivity contribution in [3.05, 3.63) is 11.3 Å². The van der Waals surface area contributed by atoms with Gasteiger partial charge in [-0.05, 0) is 6.92 Å². The van der Waals surface area contributed by atoms with Crippen LogP contribution in [0.4, 0.5) is 0 Å². The normalized spacial score (nSPS) is 7.00. The van der Waals surface area contributed by atoms with Gasteiger partial charge < -0.3 is 9.84 Å². The van der Waals surface area contributed by atoms with Gasteiger partial charge in [-0.1, -0.05) is 0 Å². The van der Waals surface area contributed by atoms with Crippen LogP contribution >= 0.6 is 0 Å². The summed E-state index contributed by atoms with van der Waals surface area (Å²) in [6.07, 6.45) is 0. The summed E-state index contributed by atoms with van der Waals surface area (Å²) in [7, 11) is 0. The molecule has 0 amide bonds. The third-order valence-electron chi connectivity index (χ3n) is 0.911. The van der Waals surface area contributed by atoms with Crippen LogP contribution in [0.5, 0.6) is 0 Å². The van der Waals surface area contributed by atoms with E-state index in [1.807, 2.05) is 0 Å². The molecule has 62 valence electrons. The molecule has 0 fully saturated rings. The summed E-state index contributed by atoms with van der Waals surface area (Å²) in [5, 5.41) is 27.1. The molecule has 0 bridgehead atoms. The fourth-order valence-corrected chi connectivity index (χ4v) is 0.425. The van der Waals surface area contributed by atoms with Crippen molar-refractivity contribution in [3.8, 4) is 12.1 Å². The second-order valence-corrected chi connectivity index (χ2v) is 1.65. The van der Waals surface area contributed by atoms with Crippen molar-refractivity contribution in [2.75, 3.05) is 6.61 Å². The maximum absolute atomic E-state index is 10.7. The van der Waals surface area contributed by atoms with Gasteiger partial charge in [-0.15, -0.1) is 0 Å². The summed E-state index contributed by atoms with van der Waals surface area (Å²) in [6.45, 7) is 1.55. The average Bonchev–Trinajstić information content (AvgIpc) is 2.07. The number of carbonyl (C=O) groups excluding carboxylic acids is 1. The molecule has 0 aromatic carbocycles. The molecule has 0 saturated heterocycles. The summed E-state index contributed by atoms with van der Waals surface area (Å²) >= 11 is 0. The molecule has 13 heavy (non-hydrogen) atoms. The molecule has 0 aromatic heterocycles. The van der Waals surface area contributed by atoms with Crippen molar-refractivity contribution in [1.82, 2.24) is 0 Å². The van der Waals surface area contributed by atoms with Crippen LogP contribution in [0.3, 0.4) is 0 Å². The van der Waals surface area contributed by atoms with E-state index in [0.29, 0.717) is 0 Å². The average molecular weight is 188 g/mol. The third kappa shape index (κ3) is 4.54. The molecule has 0 spiro atoms. The van der Waals surface area contributed by atoms with Crippen LogP contribution in [0.15, 0.2) is 11.3 Å². The van der Waals surface area contributed by atoms with Crippen LogP contribution in [-0.4, -0.2) is 12.6 Å². The van der Waals surface area contributed by atoms with Gasteiger partial charge in [0.1, 0.15) is 17.7 Å². The number of esters is 1. The molecule has 0 radical (unpaired) electrons. The Balaban J connectivity index is 0. The van der Waals surface area contributed by atoms with E-state index >= 15 is 0 Å². The summed E-state index contributed by atoms with van der Waals surface area (Å²) in [4.78, 5) is 10.6. The molecule has 0 saturated carbocycles. The fraction of sp³-hybridized carbons (Fsp3) is 0.286. The van der Waals surface area contributed by atoms with Gasteiger partial charge in [0.2, 0.25) is 0 Å². The van der Waals surface area contributed by atoms with Crippen LogP contribution in [0.2, 0.25) is 0 Å². The van der Waals surface area contributed by atoms with Crippen LogP contribution in [-0.2, 0) is 9.53 Å². The largest absolute Gasteiger partial charge is 1.00 e. The number of ether oxygens (including phenoxy) is 1. The molecular weight excluding hydrogens is 183 g/mol. The predicted octanol–water partition coefficient (Wildman–Crippen LogP) is -3.78. The quantitative estimate of drug-likeness (QED) is 0.145. The van der Waals surface area contributed by atoms with Crippen molar-refractivity contribution in [1.29, 1.82) is 10.5 Å². The van der Waals surface area contributed by atoms with Crippen LogP contribution in [0.25, 0.3) is 0 Å². The first kappa shape index (κ1) is 14.5. The predicted molar refractivity (Wildman–Crippen MR) is 34.9 cm³/mol. The number of carbonyl (C=O) groups is 1. The summed E-state index contributed by atoms with van der Waals surface area (Å²) in [5.74, 6) is -2.36. The van der Waals surface area contributed by atoms with Crippen molar-refractivity contribution >= 4 is 5.97 Å². The molecule has 0 N–H and O–H groups in total. The van der Waals surface area contributed by atoms with Crippen molar-refractivity contribution in [3.63, 3.8) is 0 Å². The van der Waals surface area contributed by atoms with Crippen molar-refractivity contribution < 1.29 is 44.2 Å². The summed E-state index contributed by atoms with van der Waals surface area (Å²) in [5.41, 5.74) is -0.756. The van der Waals surface area contributed by atoms with E-state index in [9.17, 15) is 9.90 Å². The number of nitriles is 2. The monoisotopic (exact) mass is 188 g/mol. The Hall–Kier alpha value is -1.01. The van der Waals surface area contributed by atoms with Gasteiger partial charge in [-0.2, -0.15) is 10.5 Å². The molecule has 0 heterocycles. The molecule has 0 rings (SSSR count).